The number of rotatable bonds is 4. The number of nitrogens with one attached hydrogen (secondary N) is 1. The molecule has 0 aromatic rings. The molecule has 0 aromatic heterocycles. The Balaban J connectivity index is 4.87. The Kier molecular flexibility index (Phi) is 4.94. The smallest absolute Gasteiger partial charge is 0.331 e. The van der Waals surface area contributed by atoms with Crippen molar-refractivity contribution in [3.8, 4) is 0 Å². The first-order valence-electron chi connectivity index (χ1n) is 3.05. The zero-order valence-electron chi connectivity index (χ0n) is 6.57. The van der Waals surface area contributed by atoms with Gasteiger partial charge in [0.15, 0.2) is 0 Å². The molecule has 0 aromatic carbocycles. The number of halogens is 1. The molecule has 0 bridgehead atoms. The Labute approximate surface area is 87.2 Å². The van der Waals surface area contributed by atoms with Crippen molar-refractivity contribution < 1.29 is 33.5 Å². The van der Waals surface area contributed by atoms with E-state index in [9.17, 15) is 13.9 Å². The maximum atomic E-state index is 10.7. The van der Waals surface area contributed by atoms with E-state index in [-0.39, 0.29) is 5.33 Å². The molecule has 11 heteroatoms. The van der Waals surface area contributed by atoms with Crippen LogP contribution < -0.4 is 5.32 Å². The van der Waals surface area contributed by atoms with Crippen molar-refractivity contribution in [1.82, 2.24) is 5.32 Å². The van der Waals surface area contributed by atoms with Gasteiger partial charge in [-0.25, -0.2) is 0 Å². The summed E-state index contributed by atoms with van der Waals surface area (Å²) < 4.78 is 21.2. The molecular weight excluding hydrogens is 304 g/mol. The first kappa shape index (κ1) is 14.2. The summed E-state index contributed by atoms with van der Waals surface area (Å²) in [5.41, 5.74) is -2.49. The van der Waals surface area contributed by atoms with Gasteiger partial charge in [-0.1, -0.05) is 15.9 Å². The van der Waals surface area contributed by atoms with E-state index in [2.05, 4.69) is 15.9 Å². The molecule has 0 heterocycles. The first-order valence-corrected chi connectivity index (χ1v) is 7.53. The topological polar surface area (TPSA) is 144 Å². The highest BCUT2D eigenvalue weighted by molar-refractivity contribution is 9.09. The number of amides is 1. The molecule has 84 valence electrons. The Morgan fingerprint density at radius 1 is 1.21 bits per heavy atom. The van der Waals surface area contributed by atoms with Gasteiger partial charge >= 0.3 is 15.2 Å². The van der Waals surface area contributed by atoms with Crippen molar-refractivity contribution in [2.45, 2.75) is 5.52 Å². The molecule has 0 rings (SSSR count). The quantitative estimate of drug-likeness (QED) is 0.335. The van der Waals surface area contributed by atoms with Gasteiger partial charge in [0.25, 0.3) is 0 Å². The molecule has 0 aliphatic rings. The molecule has 1 amide bonds. The Bertz CT molecular complexity index is 284. The lowest BCUT2D eigenvalue weighted by Crippen LogP contribution is -2.35. The molecular formula is C3H8BrNO7P2. The van der Waals surface area contributed by atoms with Crippen LogP contribution in [0, 0.1) is 0 Å². The second-order valence-electron chi connectivity index (χ2n) is 2.25. The third-order valence-electron chi connectivity index (χ3n) is 1.05. The Morgan fingerprint density at radius 3 is 1.79 bits per heavy atom. The van der Waals surface area contributed by atoms with E-state index in [1.165, 1.54) is 5.32 Å². The molecule has 0 radical (unpaired) electrons. The lowest BCUT2D eigenvalue weighted by molar-refractivity contribution is -0.118. The van der Waals surface area contributed by atoms with Crippen molar-refractivity contribution in [3.05, 3.63) is 0 Å². The zero-order valence-corrected chi connectivity index (χ0v) is 9.95. The molecule has 0 aliphatic carbocycles. The molecule has 0 fully saturated rings. The van der Waals surface area contributed by atoms with Crippen LogP contribution in [0.4, 0.5) is 0 Å². The van der Waals surface area contributed by atoms with Crippen LogP contribution in [0.5, 0.6) is 0 Å². The van der Waals surface area contributed by atoms with Gasteiger partial charge in [-0.2, -0.15) is 0 Å². The predicted molar refractivity (Wildman–Crippen MR) is 49.8 cm³/mol. The molecule has 0 saturated carbocycles. The summed E-state index contributed by atoms with van der Waals surface area (Å²) in [6.45, 7) is 0. The summed E-state index contributed by atoms with van der Waals surface area (Å²) in [4.78, 5) is 44.9. The van der Waals surface area contributed by atoms with Gasteiger partial charge in [0.1, 0.15) is 0 Å². The van der Waals surface area contributed by atoms with Crippen LogP contribution in [0.25, 0.3) is 0 Å². The van der Waals surface area contributed by atoms with Crippen LogP contribution in [0.1, 0.15) is 0 Å². The summed E-state index contributed by atoms with van der Waals surface area (Å²) in [5.74, 6) is -0.929. The van der Waals surface area contributed by atoms with E-state index in [0.29, 0.717) is 0 Å². The van der Waals surface area contributed by atoms with Gasteiger partial charge in [0, 0.05) is 0 Å². The normalized spacial score (nSPS) is 13.0. The second kappa shape index (κ2) is 4.85. The largest absolute Gasteiger partial charge is 0.360 e. The number of hydrogen-bond acceptors (Lipinski definition) is 3. The number of hydrogen-bond donors (Lipinski definition) is 5. The van der Waals surface area contributed by atoms with Crippen LogP contribution in [0.15, 0.2) is 0 Å². The fourth-order valence-corrected chi connectivity index (χ4v) is 2.90. The number of alkyl halides is 1. The van der Waals surface area contributed by atoms with Gasteiger partial charge in [-0.05, 0) is 0 Å². The molecule has 0 atom stereocenters. The van der Waals surface area contributed by atoms with E-state index in [0.717, 1.165) is 0 Å². The lowest BCUT2D eigenvalue weighted by Gasteiger charge is -2.19. The van der Waals surface area contributed by atoms with Crippen LogP contribution in [-0.4, -0.2) is 36.3 Å². The van der Waals surface area contributed by atoms with Crippen molar-refractivity contribution >= 4 is 37.0 Å². The molecule has 0 aliphatic heterocycles. The fourth-order valence-electron chi connectivity index (χ4n) is 0.547. The van der Waals surface area contributed by atoms with Crippen LogP contribution in [0.2, 0.25) is 0 Å². The minimum atomic E-state index is -5.08. The van der Waals surface area contributed by atoms with Crippen molar-refractivity contribution in [2.24, 2.45) is 0 Å². The number of carbonyl (C=O) groups is 1. The highest BCUT2D eigenvalue weighted by atomic mass is 79.9. The van der Waals surface area contributed by atoms with Gasteiger partial charge in [0.2, 0.25) is 11.4 Å². The van der Waals surface area contributed by atoms with Crippen LogP contribution in [0.3, 0.4) is 0 Å². The Morgan fingerprint density at radius 2 is 1.57 bits per heavy atom. The minimum absolute atomic E-state index is 0.316. The van der Waals surface area contributed by atoms with Gasteiger partial charge in [-0.3, -0.25) is 13.9 Å². The summed E-state index contributed by atoms with van der Waals surface area (Å²) in [5, 5.41) is 1.22. The molecule has 0 saturated heterocycles. The fraction of sp³-hybridized carbons (Fsp3) is 0.667. The average molecular weight is 312 g/mol. The third kappa shape index (κ3) is 4.65. The van der Waals surface area contributed by atoms with E-state index in [1.54, 1.807) is 0 Å². The Hall–Kier alpha value is 0.250. The van der Waals surface area contributed by atoms with Gasteiger partial charge < -0.3 is 24.9 Å². The second-order valence-corrected chi connectivity index (χ2v) is 6.61. The predicted octanol–water partition coefficient (Wildman–Crippen LogP) is -0.864. The maximum Gasteiger partial charge on any atom is 0.360 e. The molecule has 0 unspecified atom stereocenters. The highest BCUT2D eigenvalue weighted by Gasteiger charge is 2.44. The van der Waals surface area contributed by atoms with Crippen molar-refractivity contribution in [3.63, 3.8) is 0 Å². The highest BCUT2D eigenvalue weighted by Crippen LogP contribution is 2.58. The van der Waals surface area contributed by atoms with Crippen LogP contribution in [-0.2, 0) is 13.9 Å². The summed E-state index contributed by atoms with van der Waals surface area (Å²) in [6.07, 6.45) is 0. The van der Waals surface area contributed by atoms with E-state index < -0.39 is 26.6 Å². The number of carbonyl (C=O) groups excluding carboxylic acids is 1. The SMILES string of the molecule is O=C(CBr)NC(P(=O)(O)O)P(=O)(O)O. The van der Waals surface area contributed by atoms with Gasteiger partial charge in [-0.15, -0.1) is 0 Å². The molecule has 5 N–H and O–H groups in total. The maximum absolute atomic E-state index is 10.7. The van der Waals surface area contributed by atoms with Crippen LogP contribution >= 0.6 is 31.1 Å². The van der Waals surface area contributed by atoms with Crippen molar-refractivity contribution in [2.75, 3.05) is 5.33 Å². The third-order valence-corrected chi connectivity index (χ3v) is 4.90. The first-order chi connectivity index (χ1) is 6.09. The summed E-state index contributed by atoms with van der Waals surface area (Å²) in [7, 11) is -10.2. The molecule has 14 heavy (non-hydrogen) atoms. The van der Waals surface area contributed by atoms with E-state index in [4.69, 9.17) is 19.6 Å². The molecule has 8 nitrogen and oxygen atoms in total. The lowest BCUT2D eigenvalue weighted by atomic mass is 10.7. The van der Waals surface area contributed by atoms with Gasteiger partial charge in [0.05, 0.1) is 5.33 Å². The minimum Gasteiger partial charge on any atom is -0.331 e. The van der Waals surface area contributed by atoms with E-state index in [1.807, 2.05) is 0 Å². The monoisotopic (exact) mass is 311 g/mol. The standard InChI is InChI=1S/C3H8BrNO7P2/c4-1-2(6)5-3(13(7,8)9)14(10,11)12/h3H,1H2,(H,5,6)(H2,7,8,9)(H2,10,11,12). The average Bonchev–Trinajstić information content (AvgIpc) is 1.95. The van der Waals surface area contributed by atoms with Crippen molar-refractivity contribution in [1.29, 1.82) is 0 Å². The van der Waals surface area contributed by atoms with E-state index >= 15 is 0 Å². The summed E-state index contributed by atoms with van der Waals surface area (Å²) >= 11 is 2.66. The summed E-state index contributed by atoms with van der Waals surface area (Å²) in [6, 6.07) is 0. The molecule has 0 spiro atoms. The zero-order chi connectivity index (χ0) is 11.6.